The van der Waals surface area contributed by atoms with E-state index in [2.05, 4.69) is 25.5 Å². The molecule has 2 N–H and O–H groups in total. The van der Waals surface area contributed by atoms with Crippen molar-refractivity contribution in [3.8, 4) is 0 Å². The summed E-state index contributed by atoms with van der Waals surface area (Å²) in [5.41, 5.74) is 1.87. The number of fused-ring (bicyclic) bond motifs is 1. The first-order valence-corrected chi connectivity index (χ1v) is 10.3. The maximum Gasteiger partial charge on any atom is 0.225 e. The van der Waals surface area contributed by atoms with Crippen LogP contribution in [-0.2, 0) is 11.2 Å². The van der Waals surface area contributed by atoms with E-state index in [1.54, 1.807) is 0 Å². The number of nitrogens with one attached hydrogen (secondary N) is 2. The molecule has 0 amide bonds. The van der Waals surface area contributed by atoms with Crippen molar-refractivity contribution in [1.82, 2.24) is 19.9 Å². The van der Waals surface area contributed by atoms with Gasteiger partial charge in [-0.15, -0.1) is 0 Å². The van der Waals surface area contributed by atoms with Gasteiger partial charge in [-0.3, -0.25) is 9.88 Å². The van der Waals surface area contributed by atoms with E-state index in [4.69, 9.17) is 21.3 Å². The monoisotopic (exact) mass is 412 g/mol. The van der Waals surface area contributed by atoms with Gasteiger partial charge in [0.25, 0.3) is 0 Å². The van der Waals surface area contributed by atoms with Crippen LogP contribution in [0.25, 0.3) is 10.9 Å². The number of morpholine rings is 1. The first kappa shape index (κ1) is 19.8. The number of anilines is 2. The summed E-state index contributed by atoms with van der Waals surface area (Å²) in [6.45, 7) is 5.98. The van der Waals surface area contributed by atoms with Gasteiger partial charge in [0.15, 0.2) is 0 Å². The predicted molar refractivity (Wildman–Crippen MR) is 117 cm³/mol. The highest BCUT2D eigenvalue weighted by Gasteiger charge is 2.11. The second-order valence-electron chi connectivity index (χ2n) is 6.94. The van der Waals surface area contributed by atoms with Gasteiger partial charge in [0.05, 0.1) is 18.7 Å². The summed E-state index contributed by atoms with van der Waals surface area (Å²) in [4.78, 5) is 16.1. The Labute approximate surface area is 175 Å². The summed E-state index contributed by atoms with van der Waals surface area (Å²) < 4.78 is 5.40. The lowest BCUT2D eigenvalue weighted by atomic mass is 10.2. The lowest BCUT2D eigenvalue weighted by molar-refractivity contribution is 0.0398. The second kappa shape index (κ2) is 9.82. The molecule has 1 fully saturated rings. The molecule has 0 unspecified atom stereocenters. The SMILES string of the molecule is Clc1ccc2c(NCCc3ccccn3)nc(NCCN3CCOCC3)nc2c1. The van der Waals surface area contributed by atoms with E-state index in [9.17, 15) is 0 Å². The van der Waals surface area contributed by atoms with Crippen LogP contribution in [0.3, 0.4) is 0 Å². The first-order chi connectivity index (χ1) is 14.3. The molecule has 0 bridgehead atoms. The number of nitrogens with zero attached hydrogens (tertiary/aromatic N) is 4. The molecule has 8 heteroatoms. The average Bonchev–Trinajstić information content (AvgIpc) is 2.75. The molecular weight excluding hydrogens is 388 g/mol. The Morgan fingerprint density at radius 2 is 1.93 bits per heavy atom. The Morgan fingerprint density at radius 1 is 1.03 bits per heavy atom. The lowest BCUT2D eigenvalue weighted by Crippen LogP contribution is -2.39. The maximum atomic E-state index is 6.19. The van der Waals surface area contributed by atoms with Crippen LogP contribution in [-0.4, -0.2) is 65.8 Å². The largest absolute Gasteiger partial charge is 0.379 e. The molecule has 1 aliphatic heterocycles. The molecule has 3 heterocycles. The number of pyridine rings is 1. The topological polar surface area (TPSA) is 75.2 Å². The molecule has 0 atom stereocenters. The van der Waals surface area contributed by atoms with Crippen molar-refractivity contribution < 1.29 is 4.74 Å². The van der Waals surface area contributed by atoms with Gasteiger partial charge in [0, 0.05) is 61.4 Å². The van der Waals surface area contributed by atoms with Gasteiger partial charge in [-0.2, -0.15) is 4.98 Å². The predicted octanol–water partition coefficient (Wildman–Crippen LogP) is 3.08. The highest BCUT2D eigenvalue weighted by molar-refractivity contribution is 6.31. The molecule has 4 rings (SSSR count). The molecule has 1 saturated heterocycles. The van der Waals surface area contributed by atoms with E-state index in [-0.39, 0.29) is 0 Å². The van der Waals surface area contributed by atoms with Gasteiger partial charge < -0.3 is 15.4 Å². The number of benzene rings is 1. The zero-order valence-electron chi connectivity index (χ0n) is 16.3. The third kappa shape index (κ3) is 5.53. The standard InChI is InChI=1S/C21H25ClN6O/c22-16-4-5-18-19(15-16)26-21(25-9-10-28-11-13-29-14-12-28)27-20(18)24-8-6-17-3-1-2-7-23-17/h1-5,7,15H,6,8-14H2,(H2,24,25,26,27). The quantitative estimate of drug-likeness (QED) is 0.588. The Morgan fingerprint density at radius 3 is 2.76 bits per heavy atom. The number of aromatic nitrogens is 3. The van der Waals surface area contributed by atoms with Crippen LogP contribution in [0.1, 0.15) is 5.69 Å². The maximum absolute atomic E-state index is 6.19. The molecule has 0 aliphatic carbocycles. The Hall–Kier alpha value is -2.48. The number of halogens is 1. The van der Waals surface area contributed by atoms with E-state index in [1.807, 2.05) is 42.6 Å². The summed E-state index contributed by atoms with van der Waals surface area (Å²) in [5.74, 6) is 1.41. The highest BCUT2D eigenvalue weighted by atomic mass is 35.5. The Bertz CT molecular complexity index is 933. The Balaban J connectivity index is 1.44. The number of rotatable bonds is 8. The van der Waals surface area contributed by atoms with E-state index in [1.165, 1.54) is 0 Å². The van der Waals surface area contributed by atoms with Crippen LogP contribution in [0.15, 0.2) is 42.6 Å². The second-order valence-corrected chi connectivity index (χ2v) is 7.37. The Kier molecular flexibility index (Phi) is 6.71. The van der Waals surface area contributed by atoms with Gasteiger partial charge in [-0.05, 0) is 30.3 Å². The molecule has 152 valence electrons. The molecule has 1 aliphatic rings. The highest BCUT2D eigenvalue weighted by Crippen LogP contribution is 2.25. The van der Waals surface area contributed by atoms with Crippen LogP contribution >= 0.6 is 11.6 Å². The third-order valence-corrected chi connectivity index (χ3v) is 5.11. The molecule has 7 nitrogen and oxygen atoms in total. The van der Waals surface area contributed by atoms with Crippen molar-refractivity contribution in [2.75, 3.05) is 56.6 Å². The normalized spacial score (nSPS) is 14.8. The average molecular weight is 413 g/mol. The van der Waals surface area contributed by atoms with Crippen molar-refractivity contribution >= 4 is 34.3 Å². The van der Waals surface area contributed by atoms with Crippen LogP contribution in [0.5, 0.6) is 0 Å². The summed E-state index contributed by atoms with van der Waals surface area (Å²) in [6, 6.07) is 11.6. The minimum Gasteiger partial charge on any atom is -0.379 e. The van der Waals surface area contributed by atoms with Crippen LogP contribution in [0.4, 0.5) is 11.8 Å². The molecule has 0 saturated carbocycles. The number of ether oxygens (including phenoxy) is 1. The smallest absolute Gasteiger partial charge is 0.225 e. The van der Waals surface area contributed by atoms with Crippen LogP contribution < -0.4 is 10.6 Å². The van der Waals surface area contributed by atoms with E-state index in [0.29, 0.717) is 11.0 Å². The number of hydrogen-bond acceptors (Lipinski definition) is 7. The molecule has 0 radical (unpaired) electrons. The fourth-order valence-corrected chi connectivity index (χ4v) is 3.49. The van der Waals surface area contributed by atoms with Gasteiger partial charge in [-0.1, -0.05) is 17.7 Å². The van der Waals surface area contributed by atoms with E-state index >= 15 is 0 Å². The zero-order chi connectivity index (χ0) is 19.9. The van der Waals surface area contributed by atoms with E-state index in [0.717, 1.165) is 74.8 Å². The van der Waals surface area contributed by atoms with Gasteiger partial charge in [0.1, 0.15) is 5.82 Å². The lowest BCUT2D eigenvalue weighted by Gasteiger charge is -2.26. The van der Waals surface area contributed by atoms with Crippen molar-refractivity contribution in [3.05, 3.63) is 53.3 Å². The molecule has 0 spiro atoms. The van der Waals surface area contributed by atoms with Crippen molar-refractivity contribution in [1.29, 1.82) is 0 Å². The zero-order valence-corrected chi connectivity index (χ0v) is 17.0. The van der Waals surface area contributed by atoms with Gasteiger partial charge in [-0.25, -0.2) is 4.98 Å². The summed E-state index contributed by atoms with van der Waals surface area (Å²) in [5, 5.41) is 8.40. The molecule has 1 aromatic carbocycles. The van der Waals surface area contributed by atoms with Crippen LogP contribution in [0.2, 0.25) is 5.02 Å². The molecular formula is C21H25ClN6O. The van der Waals surface area contributed by atoms with Crippen molar-refractivity contribution in [3.63, 3.8) is 0 Å². The summed E-state index contributed by atoms with van der Waals surface area (Å²) in [6.07, 6.45) is 2.63. The minimum absolute atomic E-state index is 0.605. The first-order valence-electron chi connectivity index (χ1n) is 9.93. The number of hydrogen-bond donors (Lipinski definition) is 2. The van der Waals surface area contributed by atoms with Crippen molar-refractivity contribution in [2.45, 2.75) is 6.42 Å². The van der Waals surface area contributed by atoms with Crippen LogP contribution in [0, 0.1) is 0 Å². The van der Waals surface area contributed by atoms with Crippen molar-refractivity contribution in [2.24, 2.45) is 0 Å². The fraction of sp³-hybridized carbons (Fsp3) is 0.381. The molecule has 2 aromatic heterocycles. The van der Waals surface area contributed by atoms with Gasteiger partial charge in [0.2, 0.25) is 5.95 Å². The van der Waals surface area contributed by atoms with Gasteiger partial charge >= 0.3 is 0 Å². The summed E-state index contributed by atoms with van der Waals surface area (Å²) >= 11 is 6.19. The minimum atomic E-state index is 0.605. The fourth-order valence-electron chi connectivity index (χ4n) is 3.32. The third-order valence-electron chi connectivity index (χ3n) is 4.87. The van der Waals surface area contributed by atoms with E-state index < -0.39 is 0 Å². The molecule has 29 heavy (non-hydrogen) atoms. The molecule has 3 aromatic rings. The summed E-state index contributed by atoms with van der Waals surface area (Å²) in [7, 11) is 0.